The van der Waals surface area contributed by atoms with Gasteiger partial charge in [-0.1, -0.05) is 24.3 Å². The number of ether oxygens (including phenoxy) is 2. The molecule has 0 unspecified atom stereocenters. The highest BCUT2D eigenvalue weighted by Crippen LogP contribution is 2.25. The predicted octanol–water partition coefficient (Wildman–Crippen LogP) is 3.59. The van der Waals surface area contributed by atoms with Crippen LogP contribution in [0.15, 0.2) is 42.5 Å². The lowest BCUT2D eigenvalue weighted by Crippen LogP contribution is -2.02. The fourth-order valence-corrected chi connectivity index (χ4v) is 2.00. The minimum atomic E-state index is -0.311. The lowest BCUT2D eigenvalue weighted by molar-refractivity contribution is 0.185. The van der Waals surface area contributed by atoms with Crippen molar-refractivity contribution in [3.05, 3.63) is 59.4 Å². The van der Waals surface area contributed by atoms with Crippen molar-refractivity contribution in [1.29, 1.82) is 0 Å². The van der Waals surface area contributed by atoms with E-state index in [2.05, 4.69) is 11.4 Å². The van der Waals surface area contributed by atoms with Crippen molar-refractivity contribution in [2.24, 2.45) is 0 Å². The standard InChI is InChI=1S/C16H18FNO2/c1-19-11-13-5-3-4-12(8-13)10-18-15-7-6-14(17)9-16(15)20-2/h3-9,18H,10-11H2,1-2H3. The number of methoxy groups -OCH3 is 2. The Hall–Kier alpha value is -2.07. The van der Waals surface area contributed by atoms with Gasteiger partial charge in [-0.2, -0.15) is 0 Å². The lowest BCUT2D eigenvalue weighted by Gasteiger charge is -2.12. The molecular formula is C16H18FNO2. The molecule has 0 bridgehead atoms. The van der Waals surface area contributed by atoms with Gasteiger partial charge in [-0.05, 0) is 23.3 Å². The molecular weight excluding hydrogens is 257 g/mol. The summed E-state index contributed by atoms with van der Waals surface area (Å²) in [5, 5.41) is 3.24. The maximum absolute atomic E-state index is 13.1. The van der Waals surface area contributed by atoms with E-state index in [0.29, 0.717) is 18.9 Å². The van der Waals surface area contributed by atoms with Gasteiger partial charge in [0.1, 0.15) is 11.6 Å². The van der Waals surface area contributed by atoms with E-state index >= 15 is 0 Å². The smallest absolute Gasteiger partial charge is 0.144 e. The van der Waals surface area contributed by atoms with Crippen molar-refractivity contribution >= 4 is 5.69 Å². The van der Waals surface area contributed by atoms with E-state index in [1.807, 2.05) is 18.2 Å². The average Bonchev–Trinajstić information content (AvgIpc) is 2.46. The molecule has 4 heteroatoms. The third kappa shape index (κ3) is 3.71. The van der Waals surface area contributed by atoms with Crippen LogP contribution in [0.3, 0.4) is 0 Å². The molecule has 0 amide bonds. The Labute approximate surface area is 118 Å². The Morgan fingerprint density at radius 1 is 1.05 bits per heavy atom. The fourth-order valence-electron chi connectivity index (χ4n) is 2.00. The minimum Gasteiger partial charge on any atom is -0.494 e. The van der Waals surface area contributed by atoms with Crippen molar-refractivity contribution in [2.75, 3.05) is 19.5 Å². The highest BCUT2D eigenvalue weighted by Gasteiger charge is 2.04. The predicted molar refractivity (Wildman–Crippen MR) is 77.4 cm³/mol. The molecule has 0 fully saturated rings. The average molecular weight is 275 g/mol. The number of nitrogens with one attached hydrogen (secondary N) is 1. The van der Waals surface area contributed by atoms with Gasteiger partial charge in [0.15, 0.2) is 0 Å². The summed E-state index contributed by atoms with van der Waals surface area (Å²) in [7, 11) is 3.20. The fraction of sp³-hybridized carbons (Fsp3) is 0.250. The van der Waals surface area contributed by atoms with E-state index in [-0.39, 0.29) is 5.82 Å². The molecule has 0 saturated carbocycles. The summed E-state index contributed by atoms with van der Waals surface area (Å²) < 4.78 is 23.4. The van der Waals surface area contributed by atoms with Gasteiger partial charge in [0.25, 0.3) is 0 Å². The van der Waals surface area contributed by atoms with Crippen LogP contribution in [0.2, 0.25) is 0 Å². The Morgan fingerprint density at radius 3 is 2.60 bits per heavy atom. The van der Waals surface area contributed by atoms with E-state index < -0.39 is 0 Å². The van der Waals surface area contributed by atoms with Gasteiger partial charge in [0.05, 0.1) is 19.4 Å². The van der Waals surface area contributed by atoms with Gasteiger partial charge in [-0.25, -0.2) is 4.39 Å². The summed E-state index contributed by atoms with van der Waals surface area (Å²) in [6.07, 6.45) is 0. The summed E-state index contributed by atoms with van der Waals surface area (Å²) in [5.74, 6) is 0.188. The topological polar surface area (TPSA) is 30.5 Å². The molecule has 0 aliphatic carbocycles. The molecule has 3 nitrogen and oxygen atoms in total. The van der Waals surface area contributed by atoms with E-state index in [1.54, 1.807) is 13.2 Å². The molecule has 0 radical (unpaired) electrons. The van der Waals surface area contributed by atoms with Crippen LogP contribution in [0, 0.1) is 5.82 Å². The summed E-state index contributed by atoms with van der Waals surface area (Å²) in [4.78, 5) is 0. The molecule has 106 valence electrons. The van der Waals surface area contributed by atoms with E-state index in [4.69, 9.17) is 9.47 Å². The molecule has 2 aromatic carbocycles. The third-order valence-electron chi connectivity index (χ3n) is 2.95. The van der Waals surface area contributed by atoms with Crippen molar-refractivity contribution in [2.45, 2.75) is 13.2 Å². The summed E-state index contributed by atoms with van der Waals surface area (Å²) in [6, 6.07) is 12.6. The highest BCUT2D eigenvalue weighted by atomic mass is 19.1. The molecule has 2 aromatic rings. The van der Waals surface area contributed by atoms with Crippen LogP contribution in [0.25, 0.3) is 0 Å². The van der Waals surface area contributed by atoms with E-state index in [1.165, 1.54) is 19.2 Å². The second-order valence-corrected chi connectivity index (χ2v) is 4.45. The molecule has 0 aromatic heterocycles. The molecule has 0 aliphatic heterocycles. The zero-order valence-corrected chi connectivity index (χ0v) is 11.7. The van der Waals surface area contributed by atoms with Crippen LogP contribution in [-0.4, -0.2) is 14.2 Å². The molecule has 20 heavy (non-hydrogen) atoms. The second kappa shape index (κ2) is 6.91. The van der Waals surface area contributed by atoms with Gasteiger partial charge in [-0.3, -0.25) is 0 Å². The largest absolute Gasteiger partial charge is 0.494 e. The number of benzene rings is 2. The van der Waals surface area contributed by atoms with Gasteiger partial charge in [0.2, 0.25) is 0 Å². The first kappa shape index (κ1) is 14.3. The normalized spacial score (nSPS) is 10.3. The Bertz CT molecular complexity index is 572. The van der Waals surface area contributed by atoms with Crippen LogP contribution >= 0.6 is 0 Å². The number of hydrogen-bond donors (Lipinski definition) is 1. The SMILES string of the molecule is COCc1cccc(CNc2ccc(F)cc2OC)c1. The van der Waals surface area contributed by atoms with Crippen LogP contribution in [-0.2, 0) is 17.9 Å². The maximum atomic E-state index is 13.1. The summed E-state index contributed by atoms with van der Waals surface area (Å²) >= 11 is 0. The van der Waals surface area contributed by atoms with E-state index in [9.17, 15) is 4.39 Å². The zero-order chi connectivity index (χ0) is 14.4. The highest BCUT2D eigenvalue weighted by molar-refractivity contribution is 5.56. The molecule has 2 rings (SSSR count). The first-order valence-corrected chi connectivity index (χ1v) is 6.37. The Morgan fingerprint density at radius 2 is 1.85 bits per heavy atom. The monoisotopic (exact) mass is 275 g/mol. The van der Waals surface area contributed by atoms with Crippen molar-refractivity contribution in [3.63, 3.8) is 0 Å². The molecule has 0 spiro atoms. The quantitative estimate of drug-likeness (QED) is 0.874. The number of halogens is 1. The van der Waals surface area contributed by atoms with Crippen molar-refractivity contribution in [3.8, 4) is 5.75 Å². The molecule has 0 saturated heterocycles. The van der Waals surface area contributed by atoms with Crippen LogP contribution in [0.1, 0.15) is 11.1 Å². The summed E-state index contributed by atoms with van der Waals surface area (Å²) in [6.45, 7) is 1.23. The molecule has 0 atom stereocenters. The summed E-state index contributed by atoms with van der Waals surface area (Å²) in [5.41, 5.74) is 3.02. The Balaban J connectivity index is 2.06. The van der Waals surface area contributed by atoms with Crippen LogP contribution < -0.4 is 10.1 Å². The maximum Gasteiger partial charge on any atom is 0.144 e. The van der Waals surface area contributed by atoms with Gasteiger partial charge < -0.3 is 14.8 Å². The van der Waals surface area contributed by atoms with Gasteiger partial charge in [-0.15, -0.1) is 0 Å². The first-order chi connectivity index (χ1) is 9.72. The lowest BCUT2D eigenvalue weighted by atomic mass is 10.1. The first-order valence-electron chi connectivity index (χ1n) is 6.37. The molecule has 0 aliphatic rings. The van der Waals surface area contributed by atoms with E-state index in [0.717, 1.165) is 16.8 Å². The van der Waals surface area contributed by atoms with Crippen molar-refractivity contribution in [1.82, 2.24) is 0 Å². The number of rotatable bonds is 6. The third-order valence-corrected chi connectivity index (χ3v) is 2.95. The molecule has 0 heterocycles. The Kier molecular flexibility index (Phi) is 4.96. The minimum absolute atomic E-state index is 0.311. The van der Waals surface area contributed by atoms with Crippen molar-refractivity contribution < 1.29 is 13.9 Å². The number of anilines is 1. The van der Waals surface area contributed by atoms with Crippen LogP contribution in [0.4, 0.5) is 10.1 Å². The van der Waals surface area contributed by atoms with Gasteiger partial charge >= 0.3 is 0 Å². The number of hydrogen-bond acceptors (Lipinski definition) is 3. The molecule has 1 N–H and O–H groups in total. The zero-order valence-electron chi connectivity index (χ0n) is 11.7. The van der Waals surface area contributed by atoms with Crippen LogP contribution in [0.5, 0.6) is 5.75 Å². The second-order valence-electron chi connectivity index (χ2n) is 4.45. The van der Waals surface area contributed by atoms with Gasteiger partial charge in [0, 0.05) is 19.7 Å².